The van der Waals surface area contributed by atoms with Gasteiger partial charge in [0, 0.05) is 10.8 Å². The van der Waals surface area contributed by atoms with Crippen molar-refractivity contribution in [3.63, 3.8) is 0 Å². The monoisotopic (exact) mass is 298 g/mol. The molecule has 0 saturated heterocycles. The molecule has 1 aromatic rings. The third-order valence-corrected chi connectivity index (χ3v) is 6.31. The quantitative estimate of drug-likeness (QED) is 0.484. The van der Waals surface area contributed by atoms with E-state index in [9.17, 15) is 0 Å². The molecular weight excluding hydrogens is 287 g/mol. The largest absolute Gasteiger partial charge is 0.469 e. The lowest BCUT2D eigenvalue weighted by atomic mass is 10.3. The molecule has 0 heterocycles. The Bertz CT molecular complexity index is 318. The number of halogens is 1. The molecule has 6 heteroatoms. The Morgan fingerprint density at radius 3 is 2.67 bits per heavy atom. The lowest BCUT2D eigenvalue weighted by Crippen LogP contribution is -1.85. The molecule has 0 aromatic heterocycles. The van der Waals surface area contributed by atoms with Gasteiger partial charge in [0.2, 0.25) is 0 Å². The number of hydrogen-bond donors (Lipinski definition) is 1. The van der Waals surface area contributed by atoms with Crippen LogP contribution < -0.4 is 4.52 Å². The molecule has 1 unspecified atom stereocenters. The van der Waals surface area contributed by atoms with Gasteiger partial charge in [0.05, 0.1) is 5.49 Å². The zero-order valence-corrected chi connectivity index (χ0v) is 12.3. The van der Waals surface area contributed by atoms with Crippen LogP contribution in [-0.2, 0) is 11.8 Å². The van der Waals surface area contributed by atoms with E-state index in [1.807, 2.05) is 24.3 Å². The molecule has 0 fully saturated rings. The fourth-order valence-electron chi connectivity index (χ4n) is 0.884. The third-order valence-electron chi connectivity index (χ3n) is 1.50. The number of rotatable bonds is 6. The first kappa shape index (κ1) is 13.7. The van der Waals surface area contributed by atoms with Crippen molar-refractivity contribution >= 4 is 54.7 Å². The van der Waals surface area contributed by atoms with Crippen LogP contribution in [0.25, 0.3) is 0 Å². The first-order valence-electron chi connectivity index (χ1n) is 4.37. The third kappa shape index (κ3) is 6.08. The fraction of sp³-hybridized carbons (Fsp3) is 0.333. The van der Waals surface area contributed by atoms with Crippen LogP contribution in [-0.4, -0.2) is 17.0 Å². The van der Waals surface area contributed by atoms with Gasteiger partial charge < -0.3 is 4.52 Å². The minimum atomic E-state index is -1.16. The molecule has 0 saturated carbocycles. The average Bonchev–Trinajstić information content (AvgIpc) is 2.22. The predicted octanol–water partition coefficient (Wildman–Crippen LogP) is 3.93. The summed E-state index contributed by atoms with van der Waals surface area (Å²) in [4.78, 5) is 0. The molecule has 1 nitrogen and oxygen atoms in total. The van der Waals surface area contributed by atoms with Crippen LogP contribution in [0.4, 0.5) is 0 Å². The standard InChI is InChI=1S/C9H12ClOPS3/c10-8-1-3-9(4-2-8)11-12(14)7-15-6-5-13/h1-4,12-13H,5-7H2. The highest BCUT2D eigenvalue weighted by atomic mass is 35.5. The van der Waals surface area contributed by atoms with Crippen molar-refractivity contribution in [2.75, 3.05) is 17.0 Å². The van der Waals surface area contributed by atoms with Crippen molar-refractivity contribution in [3.8, 4) is 5.75 Å². The van der Waals surface area contributed by atoms with E-state index in [1.165, 1.54) is 0 Å². The lowest BCUT2D eigenvalue weighted by Gasteiger charge is -2.08. The minimum absolute atomic E-state index is 0.713. The normalized spacial score (nSPS) is 12.4. The van der Waals surface area contributed by atoms with Gasteiger partial charge in [-0.15, -0.1) is 0 Å². The van der Waals surface area contributed by atoms with Crippen LogP contribution in [0.15, 0.2) is 24.3 Å². The summed E-state index contributed by atoms with van der Waals surface area (Å²) in [5.41, 5.74) is 0.906. The van der Waals surface area contributed by atoms with E-state index in [4.69, 9.17) is 27.9 Å². The van der Waals surface area contributed by atoms with E-state index >= 15 is 0 Å². The Labute approximate surface area is 111 Å². The van der Waals surface area contributed by atoms with Crippen molar-refractivity contribution in [2.45, 2.75) is 0 Å². The smallest absolute Gasteiger partial charge is 0.124 e. The molecule has 0 radical (unpaired) electrons. The maximum absolute atomic E-state index is 5.76. The summed E-state index contributed by atoms with van der Waals surface area (Å²) in [6, 6.07) is 7.32. The lowest BCUT2D eigenvalue weighted by molar-refractivity contribution is 0.633. The highest BCUT2D eigenvalue weighted by molar-refractivity contribution is 8.13. The number of benzene rings is 1. The van der Waals surface area contributed by atoms with E-state index in [1.54, 1.807) is 11.8 Å². The molecule has 84 valence electrons. The van der Waals surface area contributed by atoms with E-state index in [0.717, 1.165) is 22.7 Å². The summed E-state index contributed by atoms with van der Waals surface area (Å²) in [6.07, 6.45) is 0. The van der Waals surface area contributed by atoms with Crippen molar-refractivity contribution in [2.24, 2.45) is 0 Å². The van der Waals surface area contributed by atoms with Crippen molar-refractivity contribution < 1.29 is 4.52 Å². The highest BCUT2D eigenvalue weighted by Crippen LogP contribution is 2.31. The summed E-state index contributed by atoms with van der Waals surface area (Å²) in [6.45, 7) is -1.16. The summed E-state index contributed by atoms with van der Waals surface area (Å²) < 4.78 is 5.63. The molecule has 1 rings (SSSR count). The van der Waals surface area contributed by atoms with Crippen LogP contribution in [0, 0.1) is 0 Å². The van der Waals surface area contributed by atoms with Gasteiger partial charge in [-0.25, -0.2) is 0 Å². The maximum atomic E-state index is 5.76. The Morgan fingerprint density at radius 1 is 1.40 bits per heavy atom. The minimum Gasteiger partial charge on any atom is -0.469 e. The summed E-state index contributed by atoms with van der Waals surface area (Å²) in [5.74, 6) is 2.73. The average molecular weight is 299 g/mol. The van der Waals surface area contributed by atoms with Crippen molar-refractivity contribution in [1.82, 2.24) is 0 Å². The van der Waals surface area contributed by atoms with Crippen LogP contribution in [0.3, 0.4) is 0 Å². The molecule has 0 aliphatic heterocycles. The van der Waals surface area contributed by atoms with Gasteiger partial charge in [0.1, 0.15) is 12.7 Å². The first-order chi connectivity index (χ1) is 7.22. The molecular formula is C9H12ClOPS3. The Hall–Kier alpha value is 0.660. The molecule has 15 heavy (non-hydrogen) atoms. The molecule has 0 aliphatic carbocycles. The second-order valence-electron chi connectivity index (χ2n) is 2.70. The number of hydrogen-bond acceptors (Lipinski definition) is 4. The molecule has 1 atom stereocenters. The van der Waals surface area contributed by atoms with E-state index in [-0.39, 0.29) is 0 Å². The zero-order chi connectivity index (χ0) is 11.1. The zero-order valence-electron chi connectivity index (χ0n) is 7.98. The van der Waals surface area contributed by atoms with Gasteiger partial charge in [-0.3, -0.25) is 0 Å². The highest BCUT2D eigenvalue weighted by Gasteiger charge is 1.98. The van der Waals surface area contributed by atoms with E-state index in [0.29, 0.717) is 5.02 Å². The molecule has 0 spiro atoms. The van der Waals surface area contributed by atoms with Crippen molar-refractivity contribution in [1.29, 1.82) is 0 Å². The molecule has 0 amide bonds. The van der Waals surface area contributed by atoms with E-state index in [2.05, 4.69) is 12.6 Å². The second kappa shape index (κ2) is 7.86. The molecule has 0 N–H and O–H groups in total. The first-order valence-corrected chi connectivity index (χ1v) is 9.28. The topological polar surface area (TPSA) is 9.23 Å². The second-order valence-corrected chi connectivity index (χ2v) is 7.87. The van der Waals surface area contributed by atoms with Gasteiger partial charge in [0.15, 0.2) is 0 Å². The Kier molecular flexibility index (Phi) is 7.19. The predicted molar refractivity (Wildman–Crippen MR) is 78.9 cm³/mol. The number of thiol groups is 1. The molecule has 0 aliphatic rings. The van der Waals surface area contributed by atoms with Crippen molar-refractivity contribution in [3.05, 3.63) is 29.3 Å². The van der Waals surface area contributed by atoms with Gasteiger partial charge >= 0.3 is 0 Å². The van der Waals surface area contributed by atoms with Crippen LogP contribution in [0.1, 0.15) is 0 Å². The van der Waals surface area contributed by atoms with Gasteiger partial charge in [-0.2, -0.15) is 24.4 Å². The van der Waals surface area contributed by atoms with Crippen LogP contribution in [0.5, 0.6) is 5.75 Å². The van der Waals surface area contributed by atoms with Gasteiger partial charge in [-0.1, -0.05) is 23.4 Å². The van der Waals surface area contributed by atoms with Gasteiger partial charge in [0.25, 0.3) is 0 Å². The Balaban J connectivity index is 2.34. The van der Waals surface area contributed by atoms with Crippen LogP contribution >= 0.6 is 42.9 Å². The van der Waals surface area contributed by atoms with Gasteiger partial charge in [-0.05, 0) is 30.0 Å². The summed E-state index contributed by atoms with van der Waals surface area (Å²) in [5, 5.41) is 0.713. The van der Waals surface area contributed by atoms with E-state index < -0.39 is 6.92 Å². The van der Waals surface area contributed by atoms with Crippen LogP contribution in [0.2, 0.25) is 5.02 Å². The Morgan fingerprint density at radius 2 is 2.07 bits per heavy atom. The SMILES string of the molecule is S=[PH](CSCCS)Oc1ccc(Cl)cc1. The molecule has 0 bridgehead atoms. The summed E-state index contributed by atoms with van der Waals surface area (Å²) >= 11 is 17.0. The number of thioether (sulfide) groups is 1. The maximum Gasteiger partial charge on any atom is 0.124 e. The summed E-state index contributed by atoms with van der Waals surface area (Å²) in [7, 11) is 0. The molecule has 1 aromatic carbocycles. The fourth-order valence-corrected chi connectivity index (χ4v) is 4.44.